The fourth-order valence-electron chi connectivity index (χ4n) is 3.46. The van der Waals surface area contributed by atoms with Gasteiger partial charge in [-0.05, 0) is 70.4 Å². The van der Waals surface area contributed by atoms with Crippen LogP contribution in [0.5, 0.6) is 5.75 Å². The van der Waals surface area contributed by atoms with Gasteiger partial charge in [0.15, 0.2) is 0 Å². The zero-order valence-corrected chi connectivity index (χ0v) is 21.1. The van der Waals surface area contributed by atoms with Crippen LogP contribution in [0.25, 0.3) is 0 Å². The Morgan fingerprint density at radius 2 is 1.79 bits per heavy atom. The number of nitrogens with two attached hydrogens (primary N) is 1. The van der Waals surface area contributed by atoms with Crippen LogP contribution in [0.2, 0.25) is 5.02 Å². The number of ether oxygens (including phenoxy) is 2. The van der Waals surface area contributed by atoms with E-state index >= 15 is 0 Å². The summed E-state index contributed by atoms with van der Waals surface area (Å²) >= 11 is 6.16. The number of hydrazone groups is 1. The van der Waals surface area contributed by atoms with Gasteiger partial charge in [0.25, 0.3) is 5.91 Å². The topological polar surface area (TPSA) is 77.2 Å². The van der Waals surface area contributed by atoms with E-state index in [4.69, 9.17) is 26.9 Å². The maximum Gasteiger partial charge on any atom is 0.254 e. The van der Waals surface area contributed by atoms with Crippen molar-refractivity contribution >= 4 is 36.1 Å². The third kappa shape index (κ3) is 9.62. The number of benzene rings is 2. The van der Waals surface area contributed by atoms with Gasteiger partial charge in [-0.25, -0.2) is 0 Å². The molecule has 2 N–H and O–H groups in total. The zero-order valence-electron chi connectivity index (χ0n) is 19.6. The number of rotatable bonds is 13. The summed E-state index contributed by atoms with van der Waals surface area (Å²) in [5, 5.41) is 4.03. The SMILES string of the molecule is CC(C)N(C(=O)c1ccccc1)C(C)COCCCCCOc1ccc(/C=N/N)c(Cl)c1.Cl. The van der Waals surface area contributed by atoms with Crippen molar-refractivity contribution in [1.82, 2.24) is 4.90 Å². The average molecular weight is 496 g/mol. The van der Waals surface area contributed by atoms with Gasteiger partial charge in [0, 0.05) is 23.8 Å². The number of hydrogen-bond donors (Lipinski definition) is 1. The van der Waals surface area contributed by atoms with Gasteiger partial charge in [-0.1, -0.05) is 29.8 Å². The van der Waals surface area contributed by atoms with Crippen molar-refractivity contribution in [1.29, 1.82) is 0 Å². The van der Waals surface area contributed by atoms with Crippen molar-refractivity contribution in [3.05, 3.63) is 64.7 Å². The molecule has 0 aliphatic heterocycles. The number of amides is 1. The second-order valence-electron chi connectivity index (χ2n) is 7.97. The molecule has 0 bridgehead atoms. The van der Waals surface area contributed by atoms with Crippen LogP contribution >= 0.6 is 24.0 Å². The van der Waals surface area contributed by atoms with Crippen LogP contribution in [0.1, 0.15) is 56.0 Å². The molecule has 182 valence electrons. The van der Waals surface area contributed by atoms with E-state index in [1.165, 1.54) is 6.21 Å². The first kappa shape index (κ1) is 28.8. The smallest absolute Gasteiger partial charge is 0.254 e. The van der Waals surface area contributed by atoms with E-state index in [0.29, 0.717) is 30.4 Å². The molecule has 8 heteroatoms. The first-order valence-corrected chi connectivity index (χ1v) is 11.4. The Morgan fingerprint density at radius 3 is 2.42 bits per heavy atom. The predicted octanol–water partition coefficient (Wildman–Crippen LogP) is 5.56. The molecule has 6 nitrogen and oxygen atoms in total. The number of nitrogens with zero attached hydrogens (tertiary/aromatic N) is 2. The molecule has 1 unspecified atom stereocenters. The summed E-state index contributed by atoms with van der Waals surface area (Å²) in [5.74, 6) is 5.92. The van der Waals surface area contributed by atoms with Gasteiger partial charge in [-0.15, -0.1) is 12.4 Å². The number of carbonyl (C=O) groups excluding carboxylic acids is 1. The van der Waals surface area contributed by atoms with Gasteiger partial charge < -0.3 is 20.2 Å². The molecule has 0 saturated carbocycles. The molecule has 2 aromatic carbocycles. The molecule has 0 aliphatic rings. The van der Waals surface area contributed by atoms with Gasteiger partial charge in [-0.3, -0.25) is 4.79 Å². The lowest BCUT2D eigenvalue weighted by molar-refractivity contribution is 0.0371. The molecule has 0 saturated heterocycles. The average Bonchev–Trinajstić information content (AvgIpc) is 2.77. The Balaban J connectivity index is 0.00000544. The van der Waals surface area contributed by atoms with E-state index in [-0.39, 0.29) is 30.4 Å². The van der Waals surface area contributed by atoms with Crippen LogP contribution in [0, 0.1) is 0 Å². The minimum Gasteiger partial charge on any atom is -0.494 e. The molecular formula is C25H35Cl2N3O3. The highest BCUT2D eigenvalue weighted by Gasteiger charge is 2.24. The molecule has 0 spiro atoms. The van der Waals surface area contributed by atoms with E-state index in [2.05, 4.69) is 5.10 Å². The first-order chi connectivity index (χ1) is 15.4. The first-order valence-electron chi connectivity index (χ1n) is 11.0. The van der Waals surface area contributed by atoms with Crippen molar-refractivity contribution in [2.45, 2.75) is 52.1 Å². The summed E-state index contributed by atoms with van der Waals surface area (Å²) in [6.07, 6.45) is 4.37. The molecule has 0 aliphatic carbocycles. The lowest BCUT2D eigenvalue weighted by Crippen LogP contribution is -2.45. The number of unbranched alkanes of at least 4 members (excludes halogenated alkanes) is 2. The van der Waals surface area contributed by atoms with Gasteiger partial charge in [0.1, 0.15) is 5.75 Å². The maximum absolute atomic E-state index is 12.9. The van der Waals surface area contributed by atoms with Crippen LogP contribution < -0.4 is 10.6 Å². The van der Waals surface area contributed by atoms with Crippen LogP contribution in [0.15, 0.2) is 53.6 Å². The summed E-state index contributed by atoms with van der Waals surface area (Å²) < 4.78 is 11.6. The Hall–Kier alpha value is -2.28. The summed E-state index contributed by atoms with van der Waals surface area (Å²) in [7, 11) is 0. The van der Waals surface area contributed by atoms with E-state index in [1.807, 2.05) is 68.1 Å². The van der Waals surface area contributed by atoms with Crippen molar-refractivity contribution in [3.63, 3.8) is 0 Å². The van der Waals surface area contributed by atoms with Crippen molar-refractivity contribution in [3.8, 4) is 5.75 Å². The maximum atomic E-state index is 12.9. The zero-order chi connectivity index (χ0) is 23.3. The predicted molar refractivity (Wildman–Crippen MR) is 138 cm³/mol. The second-order valence-corrected chi connectivity index (χ2v) is 8.37. The fourth-order valence-corrected chi connectivity index (χ4v) is 3.68. The van der Waals surface area contributed by atoms with Gasteiger partial charge in [0.05, 0.1) is 30.5 Å². The van der Waals surface area contributed by atoms with Gasteiger partial charge in [-0.2, -0.15) is 5.10 Å². The molecule has 2 aromatic rings. The molecule has 0 heterocycles. The van der Waals surface area contributed by atoms with Crippen molar-refractivity contribution < 1.29 is 14.3 Å². The van der Waals surface area contributed by atoms with E-state index in [1.54, 1.807) is 6.07 Å². The monoisotopic (exact) mass is 495 g/mol. The van der Waals surface area contributed by atoms with Gasteiger partial charge in [0.2, 0.25) is 0 Å². The number of halogens is 2. The lowest BCUT2D eigenvalue weighted by atomic mass is 10.1. The minimum atomic E-state index is 0. The minimum absolute atomic E-state index is 0. The van der Waals surface area contributed by atoms with Crippen molar-refractivity contribution in [2.75, 3.05) is 19.8 Å². The normalized spacial score (nSPS) is 11.9. The number of hydrogen-bond acceptors (Lipinski definition) is 5. The Labute approximate surface area is 208 Å². The standard InChI is InChI=1S/C25H34ClN3O3.ClH/c1-19(2)29(25(30)21-10-6-4-7-11-21)20(3)18-31-14-8-5-9-15-32-23-13-12-22(17-28-27)24(26)16-23;/h4,6-7,10-13,16-17,19-20H,5,8-9,14-15,18,27H2,1-3H3;1H/b28-17+;. The Kier molecular flexibility index (Phi) is 13.5. The molecule has 33 heavy (non-hydrogen) atoms. The Morgan fingerprint density at radius 1 is 1.09 bits per heavy atom. The summed E-state index contributed by atoms with van der Waals surface area (Å²) in [4.78, 5) is 14.7. The summed E-state index contributed by atoms with van der Waals surface area (Å²) in [5.41, 5.74) is 1.46. The molecule has 1 amide bonds. The van der Waals surface area contributed by atoms with E-state index < -0.39 is 0 Å². The van der Waals surface area contributed by atoms with Gasteiger partial charge >= 0.3 is 0 Å². The summed E-state index contributed by atoms with van der Waals surface area (Å²) in [6, 6.07) is 14.9. The van der Waals surface area contributed by atoms with Crippen LogP contribution in [0.4, 0.5) is 0 Å². The molecule has 0 fully saturated rings. The molecular weight excluding hydrogens is 461 g/mol. The largest absolute Gasteiger partial charge is 0.494 e. The third-order valence-corrected chi connectivity index (χ3v) is 5.36. The molecule has 0 radical (unpaired) electrons. The highest BCUT2D eigenvalue weighted by molar-refractivity contribution is 6.33. The van der Waals surface area contributed by atoms with Crippen molar-refractivity contribution in [2.24, 2.45) is 10.9 Å². The van der Waals surface area contributed by atoms with E-state index in [0.717, 1.165) is 30.6 Å². The second kappa shape index (κ2) is 15.5. The van der Waals surface area contributed by atoms with Crippen LogP contribution in [0.3, 0.4) is 0 Å². The van der Waals surface area contributed by atoms with Crippen LogP contribution in [-0.2, 0) is 4.74 Å². The number of carbonyl (C=O) groups is 1. The van der Waals surface area contributed by atoms with E-state index in [9.17, 15) is 4.79 Å². The summed E-state index contributed by atoms with van der Waals surface area (Å²) in [6.45, 7) is 7.89. The fraction of sp³-hybridized carbons (Fsp3) is 0.440. The molecule has 2 rings (SSSR count). The molecule has 1 atom stereocenters. The molecule has 0 aromatic heterocycles. The third-order valence-electron chi connectivity index (χ3n) is 5.03. The Bertz CT molecular complexity index is 863. The van der Waals surface area contributed by atoms with Crippen LogP contribution in [-0.4, -0.2) is 48.9 Å². The highest BCUT2D eigenvalue weighted by Crippen LogP contribution is 2.21. The lowest BCUT2D eigenvalue weighted by Gasteiger charge is -2.33. The highest BCUT2D eigenvalue weighted by atomic mass is 35.5. The quantitative estimate of drug-likeness (QED) is 0.171.